The largest absolute Gasteiger partial charge is 0.497 e. The number of nitrogens with one attached hydrogen (secondary N) is 2. The Bertz CT molecular complexity index is 903. The first kappa shape index (κ1) is 27.0. The normalized spacial score (nSPS) is 15.4. The van der Waals surface area contributed by atoms with Crippen LogP contribution in [0.25, 0.3) is 0 Å². The molecule has 1 fully saturated rings. The van der Waals surface area contributed by atoms with Gasteiger partial charge in [-0.15, -0.1) is 24.0 Å². The Balaban J connectivity index is 0.00000385. The Morgan fingerprint density at radius 2 is 1.88 bits per heavy atom. The van der Waals surface area contributed by atoms with Crippen LogP contribution in [-0.4, -0.2) is 51.5 Å². The number of benzene rings is 2. The molecule has 3 rings (SSSR count). The van der Waals surface area contributed by atoms with Gasteiger partial charge in [-0.1, -0.05) is 12.1 Å². The van der Waals surface area contributed by atoms with Gasteiger partial charge in [0.15, 0.2) is 5.96 Å². The van der Waals surface area contributed by atoms with Gasteiger partial charge in [-0.05, 0) is 62.6 Å². The average Bonchev–Trinajstić information content (AvgIpc) is 3.37. The number of hydrogen-bond acceptors (Lipinski definition) is 5. The molecule has 2 atom stereocenters. The molecule has 3 N–H and O–H groups in total. The molecule has 0 spiro atoms. The molecule has 1 heterocycles. The Morgan fingerprint density at radius 1 is 1.12 bits per heavy atom. The highest BCUT2D eigenvalue weighted by Gasteiger charge is 2.17. The van der Waals surface area contributed by atoms with Crippen molar-refractivity contribution < 1.29 is 14.6 Å². The summed E-state index contributed by atoms with van der Waals surface area (Å²) in [6.07, 6.45) is 1.70. The minimum absolute atomic E-state index is 0. The lowest BCUT2D eigenvalue weighted by atomic mass is 10.1. The van der Waals surface area contributed by atoms with Gasteiger partial charge in [0.1, 0.15) is 17.6 Å². The van der Waals surface area contributed by atoms with Crippen LogP contribution in [0.5, 0.6) is 11.5 Å². The molecule has 0 aliphatic carbocycles. The van der Waals surface area contributed by atoms with E-state index in [1.165, 1.54) is 24.1 Å². The topological polar surface area (TPSA) is 78.4 Å². The summed E-state index contributed by atoms with van der Waals surface area (Å²) in [5.41, 5.74) is 3.13. The second-order valence-electron chi connectivity index (χ2n) is 8.00. The number of nitrogens with zero attached hydrogens (tertiary/aromatic N) is 2. The predicted octanol–water partition coefficient (Wildman–Crippen LogP) is 4.27. The SMILES string of the molecule is CCNC(=NCC(O)c1cc(OC)ccc1OC)NC(C)c1cccc(N2CCCC2)c1.I. The highest BCUT2D eigenvalue weighted by Crippen LogP contribution is 2.29. The summed E-state index contributed by atoms with van der Waals surface area (Å²) in [5, 5.41) is 17.5. The summed E-state index contributed by atoms with van der Waals surface area (Å²) in [4.78, 5) is 7.06. The van der Waals surface area contributed by atoms with Crippen LogP contribution < -0.4 is 25.0 Å². The van der Waals surface area contributed by atoms with Crippen LogP contribution in [0.1, 0.15) is 50.0 Å². The van der Waals surface area contributed by atoms with Crippen molar-refractivity contribution in [3.63, 3.8) is 0 Å². The van der Waals surface area contributed by atoms with Crippen molar-refractivity contribution in [3.05, 3.63) is 53.6 Å². The fourth-order valence-electron chi connectivity index (χ4n) is 3.95. The molecule has 33 heavy (non-hydrogen) atoms. The monoisotopic (exact) mass is 568 g/mol. The number of ether oxygens (including phenoxy) is 2. The molecule has 182 valence electrons. The van der Waals surface area contributed by atoms with Crippen molar-refractivity contribution in [2.24, 2.45) is 4.99 Å². The molecule has 0 saturated carbocycles. The molecular weight excluding hydrogens is 531 g/mol. The van der Waals surface area contributed by atoms with Gasteiger partial charge in [-0.2, -0.15) is 0 Å². The lowest BCUT2D eigenvalue weighted by molar-refractivity contribution is 0.182. The van der Waals surface area contributed by atoms with E-state index in [0.29, 0.717) is 23.0 Å². The zero-order chi connectivity index (χ0) is 22.9. The van der Waals surface area contributed by atoms with Crippen molar-refractivity contribution in [1.82, 2.24) is 10.6 Å². The van der Waals surface area contributed by atoms with E-state index < -0.39 is 6.10 Å². The first-order valence-electron chi connectivity index (χ1n) is 11.4. The molecule has 1 aliphatic rings. The number of aliphatic hydroxyl groups excluding tert-OH is 1. The third kappa shape index (κ3) is 7.40. The average molecular weight is 569 g/mol. The standard InChI is InChI=1S/C25H36N4O3.HI/c1-5-26-25(27-17-23(30)22-16-21(31-3)11-12-24(22)32-4)28-18(2)19-9-8-10-20(15-19)29-13-6-7-14-29;/h8-12,15-16,18,23,30H,5-7,13-14,17H2,1-4H3,(H2,26,27,28);1H. The van der Waals surface area contributed by atoms with Crippen LogP contribution in [0.2, 0.25) is 0 Å². The zero-order valence-electron chi connectivity index (χ0n) is 20.0. The van der Waals surface area contributed by atoms with Crippen LogP contribution in [0.15, 0.2) is 47.5 Å². The number of guanidine groups is 1. The van der Waals surface area contributed by atoms with Crippen LogP contribution in [0, 0.1) is 0 Å². The highest BCUT2D eigenvalue weighted by atomic mass is 127. The Labute approximate surface area is 214 Å². The van der Waals surface area contributed by atoms with E-state index >= 15 is 0 Å². The Kier molecular flexibility index (Phi) is 11.1. The van der Waals surface area contributed by atoms with Crippen LogP contribution in [0.3, 0.4) is 0 Å². The molecule has 0 amide bonds. The maximum atomic E-state index is 10.8. The third-order valence-corrected chi connectivity index (χ3v) is 5.76. The van der Waals surface area contributed by atoms with Crippen molar-refractivity contribution in [2.45, 2.75) is 38.8 Å². The molecule has 1 saturated heterocycles. The van der Waals surface area contributed by atoms with Crippen molar-refractivity contribution >= 4 is 35.6 Å². The number of halogens is 1. The van der Waals surface area contributed by atoms with Crippen molar-refractivity contribution in [3.8, 4) is 11.5 Å². The van der Waals surface area contributed by atoms with E-state index in [2.05, 4.69) is 51.7 Å². The fourth-order valence-corrected chi connectivity index (χ4v) is 3.95. The van der Waals surface area contributed by atoms with E-state index in [-0.39, 0.29) is 36.6 Å². The minimum atomic E-state index is -0.815. The summed E-state index contributed by atoms with van der Waals surface area (Å²) in [5.74, 6) is 1.94. The Morgan fingerprint density at radius 3 is 2.55 bits per heavy atom. The number of anilines is 1. The van der Waals surface area contributed by atoms with Crippen molar-refractivity contribution in [1.29, 1.82) is 0 Å². The van der Waals surface area contributed by atoms with E-state index in [4.69, 9.17) is 9.47 Å². The molecule has 0 radical (unpaired) electrons. The van der Waals surface area contributed by atoms with Gasteiger partial charge in [0.2, 0.25) is 0 Å². The summed E-state index contributed by atoms with van der Waals surface area (Å²) in [6, 6.07) is 14.1. The zero-order valence-corrected chi connectivity index (χ0v) is 22.3. The molecular formula is C25H37IN4O3. The second kappa shape index (κ2) is 13.5. The number of methoxy groups -OCH3 is 2. The van der Waals surface area contributed by atoms with E-state index in [1.807, 2.05) is 13.0 Å². The maximum Gasteiger partial charge on any atom is 0.191 e. The lowest BCUT2D eigenvalue weighted by Gasteiger charge is -2.22. The number of aliphatic imine (C=N–C) groups is 1. The van der Waals surface area contributed by atoms with Gasteiger partial charge in [0.25, 0.3) is 0 Å². The predicted molar refractivity (Wildman–Crippen MR) is 145 cm³/mol. The highest BCUT2D eigenvalue weighted by molar-refractivity contribution is 14.0. The lowest BCUT2D eigenvalue weighted by Crippen LogP contribution is -2.39. The van der Waals surface area contributed by atoms with Gasteiger partial charge in [0, 0.05) is 30.9 Å². The Hall–Kier alpha value is -2.20. The third-order valence-electron chi connectivity index (χ3n) is 5.76. The van der Waals surface area contributed by atoms with Gasteiger partial charge in [-0.3, -0.25) is 4.99 Å². The quantitative estimate of drug-likeness (QED) is 0.238. The van der Waals surface area contributed by atoms with Crippen LogP contribution in [-0.2, 0) is 0 Å². The summed E-state index contributed by atoms with van der Waals surface area (Å²) >= 11 is 0. The first-order valence-corrected chi connectivity index (χ1v) is 11.4. The number of aliphatic hydroxyl groups is 1. The van der Waals surface area contributed by atoms with Gasteiger partial charge in [0.05, 0.1) is 26.8 Å². The van der Waals surface area contributed by atoms with Gasteiger partial charge < -0.3 is 30.1 Å². The maximum absolute atomic E-state index is 10.8. The van der Waals surface area contributed by atoms with E-state index in [0.717, 1.165) is 19.6 Å². The van der Waals surface area contributed by atoms with Crippen LogP contribution >= 0.6 is 24.0 Å². The minimum Gasteiger partial charge on any atom is -0.497 e. The van der Waals surface area contributed by atoms with E-state index in [1.54, 1.807) is 26.4 Å². The first-order chi connectivity index (χ1) is 15.5. The molecule has 1 aliphatic heterocycles. The summed E-state index contributed by atoms with van der Waals surface area (Å²) in [7, 11) is 3.19. The number of hydrogen-bond donors (Lipinski definition) is 3. The molecule has 7 nitrogen and oxygen atoms in total. The molecule has 2 aromatic rings. The van der Waals surface area contributed by atoms with Gasteiger partial charge in [-0.25, -0.2) is 0 Å². The molecule has 8 heteroatoms. The van der Waals surface area contributed by atoms with Gasteiger partial charge >= 0.3 is 0 Å². The molecule has 0 bridgehead atoms. The smallest absolute Gasteiger partial charge is 0.191 e. The van der Waals surface area contributed by atoms with Crippen molar-refractivity contribution in [2.75, 3.05) is 45.3 Å². The summed E-state index contributed by atoms with van der Waals surface area (Å²) in [6.45, 7) is 7.32. The molecule has 2 aromatic carbocycles. The number of rotatable bonds is 9. The molecule has 0 aromatic heterocycles. The second-order valence-corrected chi connectivity index (χ2v) is 8.00. The van der Waals surface area contributed by atoms with Crippen LogP contribution in [0.4, 0.5) is 5.69 Å². The fraction of sp³-hybridized carbons (Fsp3) is 0.480. The summed E-state index contributed by atoms with van der Waals surface area (Å²) < 4.78 is 10.7. The van der Waals surface area contributed by atoms with E-state index in [9.17, 15) is 5.11 Å². The molecule has 2 unspecified atom stereocenters.